The number of hydrogen-bond acceptors (Lipinski definition) is 4. The lowest BCUT2D eigenvalue weighted by molar-refractivity contribution is 0.253. The van der Waals surface area contributed by atoms with E-state index >= 15 is 0 Å². The second-order valence-electron chi connectivity index (χ2n) is 5.66. The molecule has 0 spiro atoms. The van der Waals surface area contributed by atoms with Gasteiger partial charge in [-0.2, -0.15) is 0 Å². The molecule has 3 rings (SSSR count). The van der Waals surface area contributed by atoms with Gasteiger partial charge in [-0.05, 0) is 36.9 Å². The average molecular weight is 324 g/mol. The van der Waals surface area contributed by atoms with Gasteiger partial charge < -0.3 is 9.15 Å². The number of hydrogen-bond donors (Lipinski definition) is 0. The average Bonchev–Trinajstić information content (AvgIpc) is 2.90. The lowest BCUT2D eigenvalue weighted by atomic mass is 10.2. The highest BCUT2D eigenvalue weighted by molar-refractivity contribution is 5.72. The van der Waals surface area contributed by atoms with Gasteiger partial charge in [-0.25, -0.2) is 4.79 Å². The quantitative estimate of drug-likeness (QED) is 0.626. The normalized spacial score (nSPS) is 11.1. The van der Waals surface area contributed by atoms with E-state index in [-0.39, 0.29) is 5.76 Å². The van der Waals surface area contributed by atoms with Crippen LogP contribution in [0, 0.1) is 0 Å². The standard InChI is InChI=1S/C19H20N2O3/c1-3-12-23-16-10-8-15(9-11-16)13-20(2)14-21-17-6-4-5-7-18(17)24-19(21)22/h3-11H,1,12-14H2,2H3. The van der Waals surface area contributed by atoms with E-state index in [1.807, 2.05) is 49.5 Å². The van der Waals surface area contributed by atoms with Crippen LogP contribution in [0.15, 0.2) is 70.4 Å². The maximum absolute atomic E-state index is 12.0. The molecule has 0 bridgehead atoms. The van der Waals surface area contributed by atoms with Crippen molar-refractivity contribution in [1.29, 1.82) is 0 Å². The van der Waals surface area contributed by atoms with E-state index < -0.39 is 0 Å². The van der Waals surface area contributed by atoms with Crippen LogP contribution >= 0.6 is 0 Å². The lowest BCUT2D eigenvalue weighted by Gasteiger charge is -2.17. The molecule has 0 amide bonds. The number of oxazole rings is 1. The molecule has 0 atom stereocenters. The Morgan fingerprint density at radius 3 is 2.71 bits per heavy atom. The Hall–Kier alpha value is -2.79. The van der Waals surface area contributed by atoms with Gasteiger partial charge in [0, 0.05) is 6.54 Å². The van der Waals surface area contributed by atoms with Gasteiger partial charge in [-0.3, -0.25) is 9.47 Å². The highest BCUT2D eigenvalue weighted by Gasteiger charge is 2.10. The summed E-state index contributed by atoms with van der Waals surface area (Å²) in [6.45, 7) is 5.30. The molecule has 24 heavy (non-hydrogen) atoms. The molecule has 0 saturated heterocycles. The molecule has 1 heterocycles. The van der Waals surface area contributed by atoms with Crippen LogP contribution in [0.3, 0.4) is 0 Å². The first-order valence-corrected chi connectivity index (χ1v) is 7.77. The Labute approximate surface area is 140 Å². The van der Waals surface area contributed by atoms with Gasteiger partial charge in [0.1, 0.15) is 12.4 Å². The van der Waals surface area contributed by atoms with E-state index in [0.29, 0.717) is 25.4 Å². The number of para-hydroxylation sites is 2. The van der Waals surface area contributed by atoms with Crippen LogP contribution in [0.1, 0.15) is 5.56 Å². The van der Waals surface area contributed by atoms with Gasteiger partial charge in [0.15, 0.2) is 5.58 Å². The van der Waals surface area contributed by atoms with Crippen LogP contribution in [0.5, 0.6) is 5.75 Å². The Kier molecular flexibility index (Phi) is 4.82. The summed E-state index contributed by atoms with van der Waals surface area (Å²) >= 11 is 0. The van der Waals surface area contributed by atoms with Crippen LogP contribution < -0.4 is 10.5 Å². The summed E-state index contributed by atoms with van der Waals surface area (Å²) in [5.41, 5.74) is 2.56. The zero-order valence-electron chi connectivity index (χ0n) is 13.6. The summed E-state index contributed by atoms with van der Waals surface area (Å²) < 4.78 is 12.4. The van der Waals surface area contributed by atoms with Gasteiger partial charge in [0.2, 0.25) is 0 Å². The number of nitrogens with zero attached hydrogens (tertiary/aromatic N) is 2. The third kappa shape index (κ3) is 3.58. The zero-order chi connectivity index (χ0) is 16.9. The molecule has 124 valence electrons. The van der Waals surface area contributed by atoms with Crippen LogP contribution in [0.2, 0.25) is 0 Å². The molecule has 2 aromatic carbocycles. The monoisotopic (exact) mass is 324 g/mol. The Bertz CT molecular complexity index is 878. The van der Waals surface area contributed by atoms with Crippen LogP contribution in [-0.4, -0.2) is 23.1 Å². The van der Waals surface area contributed by atoms with Gasteiger partial charge in [0.05, 0.1) is 12.2 Å². The molecule has 1 aromatic heterocycles. The van der Waals surface area contributed by atoms with Crippen LogP contribution in [0.4, 0.5) is 0 Å². The maximum atomic E-state index is 12.0. The number of benzene rings is 2. The minimum Gasteiger partial charge on any atom is -0.490 e. The zero-order valence-corrected chi connectivity index (χ0v) is 13.6. The molecule has 0 aliphatic carbocycles. The van der Waals surface area contributed by atoms with E-state index in [1.165, 1.54) is 0 Å². The molecular weight excluding hydrogens is 304 g/mol. The highest BCUT2D eigenvalue weighted by atomic mass is 16.5. The van der Waals surface area contributed by atoms with Crippen LogP contribution in [0.25, 0.3) is 11.1 Å². The van der Waals surface area contributed by atoms with Gasteiger partial charge in [0.25, 0.3) is 0 Å². The molecule has 5 nitrogen and oxygen atoms in total. The molecule has 0 radical (unpaired) electrons. The fourth-order valence-electron chi connectivity index (χ4n) is 2.60. The maximum Gasteiger partial charge on any atom is 0.421 e. The van der Waals surface area contributed by atoms with Crippen LogP contribution in [-0.2, 0) is 13.2 Å². The second-order valence-corrected chi connectivity index (χ2v) is 5.66. The van der Waals surface area contributed by atoms with Crippen molar-refractivity contribution >= 4 is 11.1 Å². The van der Waals surface area contributed by atoms with Crippen molar-refractivity contribution in [2.45, 2.75) is 13.2 Å². The minimum absolute atomic E-state index is 0.337. The molecule has 0 fully saturated rings. The van der Waals surface area contributed by atoms with Crippen molar-refractivity contribution in [1.82, 2.24) is 9.47 Å². The molecule has 0 unspecified atom stereocenters. The van der Waals surface area contributed by atoms with Crippen molar-refractivity contribution in [3.05, 3.63) is 77.3 Å². The van der Waals surface area contributed by atoms with E-state index in [9.17, 15) is 4.79 Å². The van der Waals surface area contributed by atoms with Gasteiger partial charge in [-0.15, -0.1) is 0 Å². The number of fused-ring (bicyclic) bond motifs is 1. The Balaban J connectivity index is 1.68. The van der Waals surface area contributed by atoms with E-state index in [1.54, 1.807) is 16.7 Å². The second kappa shape index (κ2) is 7.19. The van der Waals surface area contributed by atoms with E-state index in [4.69, 9.17) is 9.15 Å². The van der Waals surface area contributed by atoms with Crippen molar-refractivity contribution < 1.29 is 9.15 Å². The molecular formula is C19H20N2O3. The summed E-state index contributed by atoms with van der Waals surface area (Å²) in [5, 5.41) is 0. The number of ether oxygens (including phenoxy) is 1. The first-order valence-electron chi connectivity index (χ1n) is 7.77. The molecule has 0 aliphatic heterocycles. The molecule has 0 N–H and O–H groups in total. The summed E-state index contributed by atoms with van der Waals surface area (Å²) in [7, 11) is 1.97. The third-order valence-corrected chi connectivity index (χ3v) is 3.70. The Morgan fingerprint density at radius 2 is 1.96 bits per heavy atom. The summed E-state index contributed by atoms with van der Waals surface area (Å²) in [4.78, 5) is 14.1. The predicted molar refractivity (Wildman–Crippen MR) is 94.1 cm³/mol. The van der Waals surface area contributed by atoms with E-state index in [2.05, 4.69) is 11.5 Å². The summed E-state index contributed by atoms with van der Waals surface area (Å²) in [6, 6.07) is 15.4. The first kappa shape index (κ1) is 16.1. The third-order valence-electron chi connectivity index (χ3n) is 3.70. The number of rotatable bonds is 7. The summed E-state index contributed by atoms with van der Waals surface area (Å²) in [6.07, 6.45) is 1.72. The van der Waals surface area contributed by atoms with Gasteiger partial charge >= 0.3 is 5.76 Å². The molecule has 0 saturated carbocycles. The molecule has 3 aromatic rings. The van der Waals surface area contributed by atoms with Crippen molar-refractivity contribution in [3.63, 3.8) is 0 Å². The fourth-order valence-corrected chi connectivity index (χ4v) is 2.60. The fraction of sp³-hybridized carbons (Fsp3) is 0.211. The predicted octanol–water partition coefficient (Wildman–Crippen LogP) is 3.25. The largest absolute Gasteiger partial charge is 0.490 e. The smallest absolute Gasteiger partial charge is 0.421 e. The molecule has 0 aliphatic rings. The van der Waals surface area contributed by atoms with Gasteiger partial charge in [-0.1, -0.05) is 36.9 Å². The van der Waals surface area contributed by atoms with Crippen molar-refractivity contribution in [2.75, 3.05) is 13.7 Å². The lowest BCUT2D eigenvalue weighted by Crippen LogP contribution is -2.27. The number of aromatic nitrogens is 1. The SMILES string of the molecule is C=CCOc1ccc(CN(C)Cn2c(=O)oc3ccccc32)cc1. The van der Waals surface area contributed by atoms with Crippen molar-refractivity contribution in [3.8, 4) is 5.75 Å². The van der Waals surface area contributed by atoms with Crippen molar-refractivity contribution in [2.24, 2.45) is 0 Å². The van der Waals surface area contributed by atoms with E-state index in [0.717, 1.165) is 16.8 Å². The highest BCUT2D eigenvalue weighted by Crippen LogP contribution is 2.15. The topological polar surface area (TPSA) is 47.6 Å². The molecule has 5 heteroatoms. The minimum atomic E-state index is -0.337. The Morgan fingerprint density at radius 1 is 1.21 bits per heavy atom. The summed E-state index contributed by atoms with van der Waals surface area (Å²) in [5.74, 6) is 0.481. The first-order chi connectivity index (χ1) is 11.7.